The maximum absolute atomic E-state index is 13.5. The molecule has 0 saturated carbocycles. The minimum Gasteiger partial charge on any atom is -0.296 e. The Hall–Kier alpha value is -1.15. The van der Waals surface area contributed by atoms with Gasteiger partial charge >= 0.3 is 0 Å². The molecule has 1 nitrogen and oxygen atoms in total. The SMILES string of the molecule is C=C/C(C)=C/C(=C)C1=CCN(CC(C)(C)F)CC1. The van der Waals surface area contributed by atoms with Crippen LogP contribution >= 0.6 is 0 Å². The van der Waals surface area contributed by atoms with Gasteiger partial charge in [0.2, 0.25) is 0 Å². The molecule has 2 heteroatoms. The van der Waals surface area contributed by atoms with Crippen molar-refractivity contribution in [2.24, 2.45) is 0 Å². The van der Waals surface area contributed by atoms with E-state index in [0.29, 0.717) is 6.54 Å². The second-order valence-electron chi connectivity index (χ2n) is 5.55. The summed E-state index contributed by atoms with van der Waals surface area (Å²) in [5.74, 6) is 0. The Balaban J connectivity index is 2.59. The van der Waals surface area contributed by atoms with Crippen LogP contribution in [0.2, 0.25) is 0 Å². The fourth-order valence-corrected chi connectivity index (χ4v) is 2.10. The molecule has 0 radical (unpaired) electrons. The van der Waals surface area contributed by atoms with Crippen LogP contribution in [0.25, 0.3) is 0 Å². The molecule has 0 fully saturated rings. The van der Waals surface area contributed by atoms with Gasteiger partial charge in [-0.25, -0.2) is 4.39 Å². The number of rotatable bonds is 5. The Labute approximate surface area is 110 Å². The first kappa shape index (κ1) is 14.9. The van der Waals surface area contributed by atoms with Crippen LogP contribution in [0.4, 0.5) is 4.39 Å². The normalized spacial score (nSPS) is 18.4. The largest absolute Gasteiger partial charge is 0.296 e. The van der Waals surface area contributed by atoms with Crippen LogP contribution in [0.5, 0.6) is 0 Å². The molecule has 0 atom stereocenters. The summed E-state index contributed by atoms with van der Waals surface area (Å²) in [6.45, 7) is 15.3. The molecule has 0 bridgehead atoms. The van der Waals surface area contributed by atoms with Crippen LogP contribution in [0.15, 0.2) is 48.1 Å². The van der Waals surface area contributed by atoms with E-state index < -0.39 is 5.67 Å². The van der Waals surface area contributed by atoms with Crippen LogP contribution in [-0.2, 0) is 0 Å². The summed E-state index contributed by atoms with van der Waals surface area (Å²) in [6.07, 6.45) is 6.97. The number of nitrogens with zero attached hydrogens (tertiary/aromatic N) is 1. The van der Waals surface area contributed by atoms with Crippen LogP contribution in [0.1, 0.15) is 27.2 Å². The highest BCUT2D eigenvalue weighted by Gasteiger charge is 2.22. The zero-order valence-electron chi connectivity index (χ0n) is 11.8. The third kappa shape index (κ3) is 5.01. The number of allylic oxidation sites excluding steroid dienone is 4. The molecule has 1 aliphatic heterocycles. The molecule has 0 aromatic heterocycles. The molecule has 0 aromatic rings. The van der Waals surface area contributed by atoms with Gasteiger partial charge in [-0.2, -0.15) is 0 Å². The van der Waals surface area contributed by atoms with Crippen molar-refractivity contribution in [1.29, 1.82) is 0 Å². The Morgan fingerprint density at radius 3 is 2.67 bits per heavy atom. The highest BCUT2D eigenvalue weighted by atomic mass is 19.1. The first-order valence-electron chi connectivity index (χ1n) is 6.42. The molecule has 0 amide bonds. The van der Waals surface area contributed by atoms with E-state index in [2.05, 4.69) is 24.1 Å². The van der Waals surface area contributed by atoms with Gasteiger partial charge in [0.25, 0.3) is 0 Å². The minimum atomic E-state index is -1.12. The van der Waals surface area contributed by atoms with E-state index in [9.17, 15) is 4.39 Å². The van der Waals surface area contributed by atoms with Crippen molar-refractivity contribution in [2.75, 3.05) is 19.6 Å². The van der Waals surface area contributed by atoms with E-state index in [1.54, 1.807) is 13.8 Å². The average Bonchev–Trinajstić information content (AvgIpc) is 2.27. The topological polar surface area (TPSA) is 3.24 Å². The second kappa shape index (κ2) is 6.14. The van der Waals surface area contributed by atoms with Crippen molar-refractivity contribution in [2.45, 2.75) is 32.9 Å². The van der Waals surface area contributed by atoms with Crippen molar-refractivity contribution in [1.82, 2.24) is 4.90 Å². The summed E-state index contributed by atoms with van der Waals surface area (Å²) < 4.78 is 13.5. The number of halogens is 1. The Bertz CT molecular complexity index is 382. The van der Waals surface area contributed by atoms with Gasteiger partial charge in [-0.1, -0.05) is 37.0 Å². The van der Waals surface area contributed by atoms with Crippen LogP contribution < -0.4 is 0 Å². The third-order valence-corrected chi connectivity index (χ3v) is 3.03. The zero-order chi connectivity index (χ0) is 13.8. The molecule has 1 rings (SSSR count). The van der Waals surface area contributed by atoms with E-state index >= 15 is 0 Å². The Morgan fingerprint density at radius 1 is 1.56 bits per heavy atom. The van der Waals surface area contributed by atoms with E-state index in [0.717, 1.165) is 30.7 Å². The summed E-state index contributed by atoms with van der Waals surface area (Å²) in [5, 5.41) is 0. The third-order valence-electron chi connectivity index (χ3n) is 3.03. The molecule has 0 saturated heterocycles. The zero-order valence-corrected chi connectivity index (χ0v) is 11.8. The van der Waals surface area contributed by atoms with E-state index in [4.69, 9.17) is 0 Å². The lowest BCUT2D eigenvalue weighted by molar-refractivity contribution is 0.131. The van der Waals surface area contributed by atoms with E-state index in [1.165, 1.54) is 5.57 Å². The smallest absolute Gasteiger partial charge is 0.118 e. The lowest BCUT2D eigenvalue weighted by Gasteiger charge is -2.30. The maximum Gasteiger partial charge on any atom is 0.118 e. The first-order chi connectivity index (χ1) is 8.31. The van der Waals surface area contributed by atoms with Crippen molar-refractivity contribution in [3.63, 3.8) is 0 Å². The molecule has 1 aliphatic rings. The Morgan fingerprint density at radius 2 is 2.22 bits per heavy atom. The number of alkyl halides is 1. The summed E-state index contributed by atoms with van der Waals surface area (Å²) in [7, 11) is 0. The quantitative estimate of drug-likeness (QED) is 0.664. The molecular formula is C16H24FN. The fraction of sp³-hybridized carbons (Fsp3) is 0.500. The molecule has 1 heterocycles. The molecule has 18 heavy (non-hydrogen) atoms. The predicted molar refractivity (Wildman–Crippen MR) is 77.4 cm³/mol. The van der Waals surface area contributed by atoms with Gasteiger partial charge in [0.05, 0.1) is 0 Å². The van der Waals surface area contributed by atoms with Crippen LogP contribution in [0, 0.1) is 0 Å². The van der Waals surface area contributed by atoms with Gasteiger partial charge in [-0.15, -0.1) is 0 Å². The fourth-order valence-electron chi connectivity index (χ4n) is 2.10. The molecule has 0 N–H and O–H groups in total. The molecule has 0 unspecified atom stereocenters. The Kier molecular flexibility index (Phi) is 5.09. The summed E-state index contributed by atoms with van der Waals surface area (Å²) in [4.78, 5) is 2.14. The molecular weight excluding hydrogens is 225 g/mol. The standard InChI is InChI=1S/C16H24FN/c1-6-13(2)11-14(3)15-7-9-18(10-8-15)12-16(4,5)17/h6-7,11H,1,3,8-10,12H2,2,4-5H3/b13-11+. The van der Waals surface area contributed by atoms with Crippen LogP contribution in [0.3, 0.4) is 0 Å². The van der Waals surface area contributed by atoms with Gasteiger partial charge < -0.3 is 0 Å². The first-order valence-corrected chi connectivity index (χ1v) is 6.42. The van der Waals surface area contributed by atoms with Crippen LogP contribution in [-0.4, -0.2) is 30.2 Å². The van der Waals surface area contributed by atoms with Gasteiger partial charge in [0, 0.05) is 19.6 Å². The molecule has 100 valence electrons. The number of hydrogen-bond donors (Lipinski definition) is 0. The second-order valence-corrected chi connectivity index (χ2v) is 5.55. The molecule has 0 aliphatic carbocycles. The highest BCUT2D eigenvalue weighted by molar-refractivity contribution is 5.41. The van der Waals surface area contributed by atoms with Gasteiger partial charge in [-0.3, -0.25) is 4.90 Å². The lowest BCUT2D eigenvalue weighted by Crippen LogP contribution is -2.38. The highest BCUT2D eigenvalue weighted by Crippen LogP contribution is 2.21. The van der Waals surface area contributed by atoms with Crippen molar-refractivity contribution < 1.29 is 4.39 Å². The van der Waals surface area contributed by atoms with Crippen molar-refractivity contribution in [3.05, 3.63) is 48.1 Å². The predicted octanol–water partition coefficient (Wildman–Crippen LogP) is 4.06. The molecule has 0 spiro atoms. The van der Waals surface area contributed by atoms with Gasteiger partial charge in [0.1, 0.15) is 5.67 Å². The average molecular weight is 249 g/mol. The van der Waals surface area contributed by atoms with Crippen molar-refractivity contribution in [3.8, 4) is 0 Å². The van der Waals surface area contributed by atoms with E-state index in [1.807, 2.05) is 19.1 Å². The van der Waals surface area contributed by atoms with Gasteiger partial charge in [-0.05, 0) is 38.3 Å². The monoisotopic (exact) mass is 249 g/mol. The minimum absolute atomic E-state index is 0.491. The summed E-state index contributed by atoms with van der Waals surface area (Å²) in [5.41, 5.74) is 2.31. The maximum atomic E-state index is 13.5. The summed E-state index contributed by atoms with van der Waals surface area (Å²) in [6, 6.07) is 0. The van der Waals surface area contributed by atoms with E-state index in [-0.39, 0.29) is 0 Å². The molecule has 0 aromatic carbocycles. The number of hydrogen-bond acceptors (Lipinski definition) is 1. The van der Waals surface area contributed by atoms with Gasteiger partial charge in [0.15, 0.2) is 0 Å². The lowest BCUT2D eigenvalue weighted by atomic mass is 9.98. The summed E-state index contributed by atoms with van der Waals surface area (Å²) >= 11 is 0. The van der Waals surface area contributed by atoms with Crippen molar-refractivity contribution >= 4 is 0 Å².